The van der Waals surface area contributed by atoms with E-state index in [9.17, 15) is 0 Å². The van der Waals surface area contributed by atoms with Crippen molar-refractivity contribution in [3.63, 3.8) is 0 Å². The van der Waals surface area contributed by atoms with Gasteiger partial charge in [-0.2, -0.15) is 0 Å². The summed E-state index contributed by atoms with van der Waals surface area (Å²) in [5.41, 5.74) is 3.84. The van der Waals surface area contributed by atoms with Crippen LogP contribution in [-0.4, -0.2) is 21.6 Å². The lowest BCUT2D eigenvalue weighted by molar-refractivity contribution is 0.419. The standard InChI is InChI=1S/C16H16ClN3O/c1-11-5-3-6-12(18-11)10-20-13-7-4-8-14(21-2)16(13)19-15(20)9-17/h3-8H,9-10H2,1-2H3. The zero-order valence-electron chi connectivity index (χ0n) is 12.0. The number of aromatic nitrogens is 3. The SMILES string of the molecule is COc1cccc2c1nc(CCl)n2Cc1cccc(C)n1. The Kier molecular flexibility index (Phi) is 3.80. The predicted octanol–water partition coefficient (Wildman–Crippen LogP) is 3.54. The van der Waals surface area contributed by atoms with Crippen molar-refractivity contribution in [2.75, 3.05) is 7.11 Å². The summed E-state index contributed by atoms with van der Waals surface area (Å²) in [7, 11) is 1.65. The Morgan fingerprint density at radius 3 is 2.67 bits per heavy atom. The molecule has 0 saturated carbocycles. The Bertz CT molecular complexity index is 782. The van der Waals surface area contributed by atoms with E-state index in [1.54, 1.807) is 7.11 Å². The number of ether oxygens (including phenoxy) is 1. The lowest BCUT2D eigenvalue weighted by Crippen LogP contribution is -2.05. The van der Waals surface area contributed by atoms with Crippen molar-refractivity contribution >= 4 is 22.6 Å². The second-order valence-electron chi connectivity index (χ2n) is 4.85. The van der Waals surface area contributed by atoms with Crippen LogP contribution in [0.25, 0.3) is 11.0 Å². The fraction of sp³-hybridized carbons (Fsp3) is 0.250. The number of rotatable bonds is 4. The van der Waals surface area contributed by atoms with Gasteiger partial charge in [-0.15, -0.1) is 11.6 Å². The number of fused-ring (bicyclic) bond motifs is 1. The first-order valence-electron chi connectivity index (χ1n) is 6.73. The second kappa shape index (κ2) is 5.74. The van der Waals surface area contributed by atoms with Crippen molar-refractivity contribution in [1.82, 2.24) is 14.5 Å². The molecule has 0 bridgehead atoms. The maximum Gasteiger partial charge on any atom is 0.146 e. The van der Waals surface area contributed by atoms with Gasteiger partial charge in [-0.3, -0.25) is 4.98 Å². The first kappa shape index (κ1) is 13.9. The fourth-order valence-corrected chi connectivity index (χ4v) is 2.67. The number of aryl methyl sites for hydroxylation is 1. The largest absolute Gasteiger partial charge is 0.494 e. The molecule has 3 rings (SSSR count). The van der Waals surface area contributed by atoms with Crippen LogP contribution in [0.1, 0.15) is 17.2 Å². The van der Waals surface area contributed by atoms with E-state index in [4.69, 9.17) is 16.3 Å². The van der Waals surface area contributed by atoms with Crippen LogP contribution in [0.2, 0.25) is 0 Å². The third-order valence-corrected chi connectivity index (χ3v) is 3.67. The topological polar surface area (TPSA) is 39.9 Å². The molecule has 2 aromatic heterocycles. The molecule has 0 amide bonds. The molecule has 108 valence electrons. The molecule has 0 aliphatic carbocycles. The molecule has 1 aromatic carbocycles. The molecule has 5 heteroatoms. The highest BCUT2D eigenvalue weighted by atomic mass is 35.5. The van der Waals surface area contributed by atoms with Crippen molar-refractivity contribution in [3.05, 3.63) is 53.6 Å². The van der Waals surface area contributed by atoms with Crippen molar-refractivity contribution in [2.24, 2.45) is 0 Å². The maximum absolute atomic E-state index is 6.05. The van der Waals surface area contributed by atoms with Gasteiger partial charge in [0, 0.05) is 5.69 Å². The average Bonchev–Trinajstić information content (AvgIpc) is 2.85. The van der Waals surface area contributed by atoms with E-state index in [1.165, 1.54) is 0 Å². The number of para-hydroxylation sites is 1. The van der Waals surface area contributed by atoms with Gasteiger partial charge in [-0.05, 0) is 31.2 Å². The smallest absolute Gasteiger partial charge is 0.146 e. The normalized spacial score (nSPS) is 11.0. The fourth-order valence-electron chi connectivity index (χ4n) is 2.46. The summed E-state index contributed by atoms with van der Waals surface area (Å²) in [6.07, 6.45) is 0. The van der Waals surface area contributed by atoms with Gasteiger partial charge in [-0.1, -0.05) is 12.1 Å². The van der Waals surface area contributed by atoms with Gasteiger partial charge in [-0.25, -0.2) is 4.98 Å². The van der Waals surface area contributed by atoms with E-state index in [1.807, 2.05) is 43.3 Å². The summed E-state index contributed by atoms with van der Waals surface area (Å²) < 4.78 is 7.46. The molecule has 0 atom stereocenters. The lowest BCUT2D eigenvalue weighted by Gasteiger charge is -2.08. The van der Waals surface area contributed by atoms with E-state index in [2.05, 4.69) is 14.5 Å². The summed E-state index contributed by atoms with van der Waals surface area (Å²) in [5, 5.41) is 0. The van der Waals surface area contributed by atoms with Gasteiger partial charge < -0.3 is 9.30 Å². The number of methoxy groups -OCH3 is 1. The van der Waals surface area contributed by atoms with Gasteiger partial charge in [0.2, 0.25) is 0 Å². The molecule has 0 radical (unpaired) electrons. The summed E-state index contributed by atoms with van der Waals surface area (Å²) in [5.74, 6) is 1.93. The van der Waals surface area contributed by atoms with Gasteiger partial charge in [0.05, 0.1) is 30.7 Å². The van der Waals surface area contributed by atoms with Crippen LogP contribution in [0.3, 0.4) is 0 Å². The Hall–Kier alpha value is -2.07. The molecular formula is C16H16ClN3O. The van der Waals surface area contributed by atoms with Crippen molar-refractivity contribution in [2.45, 2.75) is 19.3 Å². The molecule has 0 aliphatic rings. The van der Waals surface area contributed by atoms with E-state index < -0.39 is 0 Å². The number of pyridine rings is 1. The molecule has 0 saturated heterocycles. The highest BCUT2D eigenvalue weighted by molar-refractivity contribution is 6.16. The Balaban J connectivity index is 2.12. The van der Waals surface area contributed by atoms with E-state index in [0.29, 0.717) is 12.4 Å². The van der Waals surface area contributed by atoms with Crippen molar-refractivity contribution in [1.29, 1.82) is 0 Å². The van der Waals surface area contributed by atoms with Crippen LogP contribution in [0.5, 0.6) is 5.75 Å². The van der Waals surface area contributed by atoms with Gasteiger partial charge >= 0.3 is 0 Å². The number of hydrogen-bond acceptors (Lipinski definition) is 3. The van der Waals surface area contributed by atoms with Gasteiger partial charge in [0.15, 0.2) is 0 Å². The second-order valence-corrected chi connectivity index (χ2v) is 5.11. The quantitative estimate of drug-likeness (QED) is 0.692. The molecule has 0 unspecified atom stereocenters. The molecule has 21 heavy (non-hydrogen) atoms. The summed E-state index contributed by atoms with van der Waals surface area (Å²) >= 11 is 6.05. The number of benzene rings is 1. The molecule has 4 nitrogen and oxygen atoms in total. The first-order chi connectivity index (χ1) is 10.2. The zero-order valence-corrected chi connectivity index (χ0v) is 12.8. The Labute approximate surface area is 128 Å². The maximum atomic E-state index is 6.05. The van der Waals surface area contributed by atoms with Crippen LogP contribution in [-0.2, 0) is 12.4 Å². The predicted molar refractivity (Wildman–Crippen MR) is 83.9 cm³/mol. The highest BCUT2D eigenvalue weighted by Crippen LogP contribution is 2.27. The zero-order chi connectivity index (χ0) is 14.8. The molecule has 3 aromatic rings. The summed E-state index contributed by atoms with van der Waals surface area (Å²) in [6.45, 7) is 2.63. The Morgan fingerprint density at radius 2 is 1.95 bits per heavy atom. The highest BCUT2D eigenvalue weighted by Gasteiger charge is 2.14. The molecule has 2 heterocycles. The number of imidazole rings is 1. The van der Waals surface area contributed by atoms with Crippen LogP contribution in [0.15, 0.2) is 36.4 Å². The average molecular weight is 302 g/mol. The van der Waals surface area contributed by atoms with Crippen LogP contribution in [0, 0.1) is 6.92 Å². The van der Waals surface area contributed by atoms with Crippen LogP contribution in [0.4, 0.5) is 0 Å². The van der Waals surface area contributed by atoms with Crippen molar-refractivity contribution in [3.8, 4) is 5.75 Å². The summed E-state index contributed by atoms with van der Waals surface area (Å²) in [4.78, 5) is 9.15. The van der Waals surface area contributed by atoms with Crippen LogP contribution >= 0.6 is 11.6 Å². The van der Waals surface area contributed by atoms with Crippen LogP contribution < -0.4 is 4.74 Å². The lowest BCUT2D eigenvalue weighted by atomic mass is 10.2. The molecule has 0 aliphatic heterocycles. The summed E-state index contributed by atoms with van der Waals surface area (Å²) in [6, 6.07) is 11.9. The van der Waals surface area contributed by atoms with E-state index in [-0.39, 0.29) is 0 Å². The van der Waals surface area contributed by atoms with Crippen molar-refractivity contribution < 1.29 is 4.74 Å². The minimum atomic E-state index is 0.351. The monoisotopic (exact) mass is 301 g/mol. The third kappa shape index (κ3) is 2.59. The molecular weight excluding hydrogens is 286 g/mol. The van der Waals surface area contributed by atoms with E-state index in [0.717, 1.165) is 34.0 Å². The van der Waals surface area contributed by atoms with E-state index >= 15 is 0 Å². The number of nitrogens with zero attached hydrogens (tertiary/aromatic N) is 3. The third-order valence-electron chi connectivity index (χ3n) is 3.43. The molecule has 0 spiro atoms. The Morgan fingerprint density at radius 1 is 1.14 bits per heavy atom. The molecule has 0 fully saturated rings. The minimum Gasteiger partial charge on any atom is -0.494 e. The number of hydrogen-bond donors (Lipinski definition) is 0. The minimum absolute atomic E-state index is 0.351. The van der Waals surface area contributed by atoms with Gasteiger partial charge in [0.25, 0.3) is 0 Å². The number of alkyl halides is 1. The molecule has 0 N–H and O–H groups in total. The first-order valence-corrected chi connectivity index (χ1v) is 7.27. The number of halogens is 1. The van der Waals surface area contributed by atoms with Gasteiger partial charge in [0.1, 0.15) is 17.1 Å².